The van der Waals surface area contributed by atoms with Gasteiger partial charge < -0.3 is 10.6 Å². The molecule has 1 fully saturated rings. The van der Waals surface area contributed by atoms with Gasteiger partial charge in [-0.25, -0.2) is 4.98 Å². The Balaban J connectivity index is 1.46. The zero-order valence-electron chi connectivity index (χ0n) is 16.1. The molecule has 3 N–H and O–H groups in total. The van der Waals surface area contributed by atoms with Gasteiger partial charge in [-0.2, -0.15) is 18.3 Å². The number of rotatable bonds is 4. The number of fused-ring (bicyclic) bond motifs is 1. The number of anilines is 1. The maximum Gasteiger partial charge on any atom is 0.433 e. The van der Waals surface area contributed by atoms with Crippen LogP contribution in [0.3, 0.4) is 0 Å². The molecule has 0 bridgehead atoms. The highest BCUT2D eigenvalue weighted by atomic mass is 35.5. The molecule has 0 saturated heterocycles. The van der Waals surface area contributed by atoms with E-state index in [2.05, 4.69) is 25.8 Å². The number of nitrogens with one attached hydrogen (secondary N) is 3. The van der Waals surface area contributed by atoms with E-state index < -0.39 is 11.9 Å². The molecule has 2 aromatic heterocycles. The zero-order valence-corrected chi connectivity index (χ0v) is 17.6. The summed E-state index contributed by atoms with van der Waals surface area (Å²) in [5, 5.41) is 13.6. The number of carbonyl (C=O) groups excluding carboxylic acids is 1. The molecule has 1 saturated carbocycles. The van der Waals surface area contributed by atoms with Crippen LogP contribution < -0.4 is 10.6 Å². The molecule has 0 aliphatic heterocycles. The fourth-order valence-corrected chi connectivity index (χ4v) is 4.10. The number of H-pyrrole nitrogens is 1. The zero-order chi connectivity index (χ0) is 22.2. The Kier molecular flexibility index (Phi) is 5.98. The summed E-state index contributed by atoms with van der Waals surface area (Å²) in [5.41, 5.74) is -0.181. The van der Waals surface area contributed by atoms with Crippen molar-refractivity contribution in [3.05, 3.63) is 51.9 Å². The van der Waals surface area contributed by atoms with Gasteiger partial charge in [-0.3, -0.25) is 9.89 Å². The minimum Gasteiger partial charge on any atom is -0.382 e. The predicted molar refractivity (Wildman–Crippen MR) is 112 cm³/mol. The van der Waals surface area contributed by atoms with Crippen LogP contribution in [0.25, 0.3) is 10.9 Å². The van der Waals surface area contributed by atoms with Gasteiger partial charge in [0.1, 0.15) is 11.4 Å². The molecule has 11 heteroatoms. The molecule has 1 aliphatic carbocycles. The van der Waals surface area contributed by atoms with Crippen molar-refractivity contribution < 1.29 is 18.0 Å². The second-order valence-electron chi connectivity index (χ2n) is 7.47. The largest absolute Gasteiger partial charge is 0.433 e. The van der Waals surface area contributed by atoms with Crippen LogP contribution in [0.4, 0.5) is 18.9 Å². The van der Waals surface area contributed by atoms with Gasteiger partial charge in [0.2, 0.25) is 0 Å². The van der Waals surface area contributed by atoms with E-state index in [1.54, 1.807) is 6.07 Å². The van der Waals surface area contributed by atoms with Crippen LogP contribution in [-0.2, 0) is 6.18 Å². The smallest absolute Gasteiger partial charge is 0.382 e. The number of pyridine rings is 1. The number of nitrogens with zero attached hydrogens (tertiary/aromatic N) is 2. The Bertz CT molecular complexity index is 1110. The van der Waals surface area contributed by atoms with E-state index in [9.17, 15) is 18.0 Å². The second-order valence-corrected chi connectivity index (χ2v) is 8.32. The summed E-state index contributed by atoms with van der Waals surface area (Å²) in [6.07, 6.45) is -0.505. The monoisotopic (exact) mass is 471 g/mol. The highest BCUT2D eigenvalue weighted by Crippen LogP contribution is 2.35. The first kappa shape index (κ1) is 21.7. The topological polar surface area (TPSA) is 82.7 Å². The fourth-order valence-electron chi connectivity index (χ4n) is 3.75. The van der Waals surface area contributed by atoms with Crippen molar-refractivity contribution >= 4 is 45.7 Å². The lowest BCUT2D eigenvalue weighted by Crippen LogP contribution is -2.40. The van der Waals surface area contributed by atoms with Crippen LogP contribution in [0.15, 0.2) is 30.5 Å². The van der Waals surface area contributed by atoms with Gasteiger partial charge in [0.15, 0.2) is 0 Å². The molecule has 0 atom stereocenters. The van der Waals surface area contributed by atoms with Crippen molar-refractivity contribution in [3.8, 4) is 0 Å². The molecule has 164 valence electrons. The number of hydrogen-bond donors (Lipinski definition) is 3. The highest BCUT2D eigenvalue weighted by Gasteiger charge is 2.34. The van der Waals surface area contributed by atoms with Crippen molar-refractivity contribution in [1.82, 2.24) is 20.5 Å². The Hall–Kier alpha value is -2.52. The number of benzene rings is 1. The molecule has 1 aromatic carbocycles. The number of alkyl halides is 3. The van der Waals surface area contributed by atoms with Crippen molar-refractivity contribution in [1.29, 1.82) is 0 Å². The van der Waals surface area contributed by atoms with Crippen molar-refractivity contribution in [2.45, 2.75) is 43.9 Å². The van der Waals surface area contributed by atoms with Crippen LogP contribution in [0, 0.1) is 0 Å². The molecule has 3 aromatic rings. The summed E-state index contributed by atoms with van der Waals surface area (Å²) in [6.45, 7) is 0. The van der Waals surface area contributed by atoms with Crippen LogP contribution >= 0.6 is 23.2 Å². The molecule has 1 amide bonds. The van der Waals surface area contributed by atoms with Crippen LogP contribution in [0.2, 0.25) is 10.0 Å². The molecule has 0 radical (unpaired) electrons. The minimum absolute atomic E-state index is 0.0467. The number of carbonyl (C=O) groups is 1. The summed E-state index contributed by atoms with van der Waals surface area (Å²) >= 11 is 12.0. The molecule has 1 aliphatic rings. The predicted octanol–water partition coefficient (Wildman–Crippen LogP) is 5.44. The number of aromatic nitrogens is 3. The Morgan fingerprint density at radius 2 is 1.81 bits per heavy atom. The third-order valence-electron chi connectivity index (χ3n) is 5.30. The molecular formula is C20H18Cl2F3N5O. The Morgan fingerprint density at radius 1 is 1.10 bits per heavy atom. The third-order valence-corrected chi connectivity index (χ3v) is 5.82. The number of aromatic amines is 1. The molecular weight excluding hydrogens is 454 g/mol. The summed E-state index contributed by atoms with van der Waals surface area (Å²) in [4.78, 5) is 16.0. The van der Waals surface area contributed by atoms with Crippen molar-refractivity contribution in [2.75, 3.05) is 5.32 Å². The van der Waals surface area contributed by atoms with E-state index in [0.717, 1.165) is 6.07 Å². The average Bonchev–Trinajstić information content (AvgIpc) is 3.15. The highest BCUT2D eigenvalue weighted by molar-refractivity contribution is 6.33. The lowest BCUT2D eigenvalue weighted by molar-refractivity contribution is -0.140. The summed E-state index contributed by atoms with van der Waals surface area (Å²) < 4.78 is 39.9. The SMILES string of the molecule is O=C(N[C@H]1CC[C@@H](Nc2cc(C(F)(F)F)nc3ccc(Cl)cc23)CC1)c1[nH]ncc1Cl. The van der Waals surface area contributed by atoms with Gasteiger partial charge in [0.05, 0.1) is 16.7 Å². The summed E-state index contributed by atoms with van der Waals surface area (Å²) in [7, 11) is 0. The molecule has 2 heterocycles. The molecule has 6 nitrogen and oxygen atoms in total. The number of hydrogen-bond acceptors (Lipinski definition) is 4. The van der Waals surface area contributed by atoms with Gasteiger partial charge in [0.25, 0.3) is 5.91 Å². The van der Waals surface area contributed by atoms with Crippen molar-refractivity contribution in [3.63, 3.8) is 0 Å². The van der Waals surface area contributed by atoms with Crippen LogP contribution in [0.1, 0.15) is 41.9 Å². The normalized spacial score (nSPS) is 19.4. The Morgan fingerprint density at radius 3 is 2.45 bits per heavy atom. The fraction of sp³-hybridized carbons (Fsp3) is 0.350. The van der Waals surface area contributed by atoms with Gasteiger partial charge in [0, 0.05) is 28.2 Å². The molecule has 4 rings (SSSR count). The van der Waals surface area contributed by atoms with E-state index in [1.165, 1.54) is 18.3 Å². The average molecular weight is 472 g/mol. The van der Waals surface area contributed by atoms with Crippen LogP contribution in [-0.4, -0.2) is 33.2 Å². The van der Waals surface area contributed by atoms with E-state index in [0.29, 0.717) is 41.8 Å². The quantitative estimate of drug-likeness (QED) is 0.473. The first-order chi connectivity index (χ1) is 14.7. The van der Waals surface area contributed by atoms with Crippen LogP contribution in [0.5, 0.6) is 0 Å². The molecule has 0 unspecified atom stereocenters. The number of amides is 1. The summed E-state index contributed by atoms with van der Waals surface area (Å²) in [5.74, 6) is -0.330. The third kappa shape index (κ3) is 4.88. The first-order valence-corrected chi connectivity index (χ1v) is 10.4. The number of halogens is 5. The van der Waals surface area contributed by atoms with Gasteiger partial charge in [-0.05, 0) is 49.9 Å². The lowest BCUT2D eigenvalue weighted by Gasteiger charge is -2.30. The van der Waals surface area contributed by atoms with Gasteiger partial charge in [-0.1, -0.05) is 23.2 Å². The molecule has 31 heavy (non-hydrogen) atoms. The van der Waals surface area contributed by atoms with Gasteiger partial charge >= 0.3 is 6.18 Å². The maximum absolute atomic E-state index is 13.3. The second kappa shape index (κ2) is 8.55. The summed E-state index contributed by atoms with van der Waals surface area (Å²) in [6, 6.07) is 5.51. The van der Waals surface area contributed by atoms with E-state index in [1.807, 2.05) is 0 Å². The van der Waals surface area contributed by atoms with Gasteiger partial charge in [-0.15, -0.1) is 0 Å². The minimum atomic E-state index is -4.56. The maximum atomic E-state index is 13.3. The van der Waals surface area contributed by atoms with E-state index in [-0.39, 0.29) is 34.2 Å². The lowest BCUT2D eigenvalue weighted by atomic mass is 9.90. The molecule has 0 spiro atoms. The van der Waals surface area contributed by atoms with E-state index in [4.69, 9.17) is 23.2 Å². The first-order valence-electron chi connectivity index (χ1n) is 9.64. The van der Waals surface area contributed by atoms with E-state index >= 15 is 0 Å². The Labute approximate surface area is 185 Å². The van der Waals surface area contributed by atoms with Crippen molar-refractivity contribution in [2.24, 2.45) is 0 Å². The standard InChI is InChI=1S/C20H18Cl2F3N5O/c21-10-1-6-15-13(7-10)16(8-17(29-15)20(23,24)25)27-11-2-4-12(5-3-11)28-19(31)18-14(22)9-26-30-18/h1,6-9,11-12H,2-5H2,(H,26,30)(H,27,29)(H,28,31)/t11-,12+.